The van der Waals surface area contributed by atoms with Crippen molar-refractivity contribution in [2.75, 3.05) is 11.4 Å². The van der Waals surface area contributed by atoms with E-state index in [0.29, 0.717) is 12.1 Å². The van der Waals surface area contributed by atoms with Crippen LogP contribution in [0.15, 0.2) is 24.3 Å². The van der Waals surface area contributed by atoms with Crippen molar-refractivity contribution in [2.24, 2.45) is 0 Å². The Morgan fingerprint density at radius 2 is 2.29 bits per heavy atom. The number of nitriles is 1. The van der Waals surface area contributed by atoms with Crippen molar-refractivity contribution in [3.63, 3.8) is 0 Å². The third-order valence-electron chi connectivity index (χ3n) is 3.09. The maximum atomic E-state index is 11.0. The van der Waals surface area contributed by atoms with Crippen LogP contribution >= 0.6 is 0 Å². The normalized spacial score (nSPS) is 19.0. The lowest BCUT2D eigenvalue weighted by Crippen LogP contribution is -2.29. The summed E-state index contributed by atoms with van der Waals surface area (Å²) >= 11 is 0. The van der Waals surface area contributed by atoms with Crippen LogP contribution < -0.4 is 4.90 Å². The fourth-order valence-corrected chi connectivity index (χ4v) is 2.33. The van der Waals surface area contributed by atoms with Crippen LogP contribution in [0.2, 0.25) is 0 Å². The average Bonchev–Trinajstić information content (AvgIpc) is 2.77. The van der Waals surface area contributed by atoms with Gasteiger partial charge in [0.1, 0.15) is 5.69 Å². The maximum Gasteiger partial charge on any atom is 0.292 e. The number of hydrogen-bond acceptors (Lipinski definition) is 4. The third kappa shape index (κ3) is 2.21. The first-order valence-corrected chi connectivity index (χ1v) is 5.61. The highest BCUT2D eigenvalue weighted by atomic mass is 16.6. The molecule has 0 radical (unpaired) electrons. The van der Waals surface area contributed by atoms with Crippen LogP contribution in [-0.4, -0.2) is 17.5 Å². The minimum absolute atomic E-state index is 0.112. The van der Waals surface area contributed by atoms with Gasteiger partial charge in [-0.1, -0.05) is 12.1 Å². The first-order chi connectivity index (χ1) is 8.24. The van der Waals surface area contributed by atoms with E-state index in [0.717, 1.165) is 19.4 Å². The highest BCUT2D eigenvalue weighted by Gasteiger charge is 2.28. The first-order valence-electron chi connectivity index (χ1n) is 5.61. The molecular formula is C12H13N3O2. The molecule has 1 saturated heterocycles. The van der Waals surface area contributed by atoms with Crippen LogP contribution in [0, 0.1) is 21.4 Å². The monoisotopic (exact) mass is 231 g/mol. The summed E-state index contributed by atoms with van der Waals surface area (Å²) in [5.41, 5.74) is 0.757. The Bertz CT molecular complexity index is 467. The van der Waals surface area contributed by atoms with Gasteiger partial charge in [-0.25, -0.2) is 0 Å². The minimum atomic E-state index is -0.364. The third-order valence-corrected chi connectivity index (χ3v) is 3.09. The van der Waals surface area contributed by atoms with Gasteiger partial charge in [0.25, 0.3) is 5.69 Å². The lowest BCUT2D eigenvalue weighted by Gasteiger charge is -2.24. The van der Waals surface area contributed by atoms with Crippen LogP contribution in [0.5, 0.6) is 0 Å². The predicted molar refractivity (Wildman–Crippen MR) is 63.7 cm³/mol. The number of para-hydroxylation sites is 2. The summed E-state index contributed by atoms with van der Waals surface area (Å²) in [4.78, 5) is 12.6. The Labute approximate surface area is 99.4 Å². The van der Waals surface area contributed by atoms with E-state index in [1.807, 2.05) is 4.90 Å². The smallest absolute Gasteiger partial charge is 0.292 e. The van der Waals surface area contributed by atoms with E-state index in [4.69, 9.17) is 5.26 Å². The summed E-state index contributed by atoms with van der Waals surface area (Å²) in [5, 5.41) is 19.7. The van der Waals surface area contributed by atoms with Gasteiger partial charge >= 0.3 is 0 Å². The summed E-state index contributed by atoms with van der Waals surface area (Å²) in [7, 11) is 0. The molecular weight excluding hydrogens is 218 g/mol. The lowest BCUT2D eigenvalue weighted by atomic mass is 10.1. The second-order valence-corrected chi connectivity index (χ2v) is 4.10. The summed E-state index contributed by atoms with van der Waals surface area (Å²) in [5.74, 6) is 0. The molecule has 0 saturated carbocycles. The Morgan fingerprint density at radius 1 is 1.53 bits per heavy atom. The molecule has 5 heteroatoms. The number of benzene rings is 1. The Kier molecular flexibility index (Phi) is 3.24. The van der Waals surface area contributed by atoms with Crippen LogP contribution in [0.3, 0.4) is 0 Å². The number of hydrogen-bond donors (Lipinski definition) is 0. The molecule has 0 bridgehead atoms. The highest BCUT2D eigenvalue weighted by molar-refractivity contribution is 5.64. The molecule has 0 amide bonds. The molecule has 1 aliphatic rings. The lowest BCUT2D eigenvalue weighted by molar-refractivity contribution is -0.384. The average molecular weight is 231 g/mol. The quantitative estimate of drug-likeness (QED) is 0.591. The molecule has 1 fully saturated rings. The Hall–Kier alpha value is -2.09. The van der Waals surface area contributed by atoms with E-state index in [1.54, 1.807) is 18.2 Å². The fraction of sp³-hybridized carbons (Fsp3) is 0.417. The van der Waals surface area contributed by atoms with Crippen LogP contribution in [0.4, 0.5) is 11.4 Å². The summed E-state index contributed by atoms with van der Waals surface area (Å²) < 4.78 is 0. The number of anilines is 1. The number of nitrogens with zero attached hydrogens (tertiary/aromatic N) is 3. The van der Waals surface area contributed by atoms with Crippen molar-refractivity contribution in [3.8, 4) is 6.07 Å². The molecule has 17 heavy (non-hydrogen) atoms. The topological polar surface area (TPSA) is 70.2 Å². The van der Waals surface area contributed by atoms with E-state index < -0.39 is 0 Å². The van der Waals surface area contributed by atoms with Crippen molar-refractivity contribution in [3.05, 3.63) is 34.4 Å². The zero-order valence-electron chi connectivity index (χ0n) is 9.37. The number of nitro benzene ring substituents is 1. The van der Waals surface area contributed by atoms with E-state index in [-0.39, 0.29) is 16.7 Å². The molecule has 1 aromatic rings. The van der Waals surface area contributed by atoms with Crippen LogP contribution in [0.25, 0.3) is 0 Å². The van der Waals surface area contributed by atoms with E-state index in [9.17, 15) is 10.1 Å². The van der Waals surface area contributed by atoms with Crippen LogP contribution in [0.1, 0.15) is 19.3 Å². The van der Waals surface area contributed by atoms with Gasteiger partial charge in [-0.2, -0.15) is 5.26 Å². The second-order valence-electron chi connectivity index (χ2n) is 4.10. The van der Waals surface area contributed by atoms with Gasteiger partial charge in [-0.15, -0.1) is 0 Å². The zero-order valence-corrected chi connectivity index (χ0v) is 9.37. The van der Waals surface area contributed by atoms with Crippen molar-refractivity contribution in [1.82, 2.24) is 0 Å². The fourth-order valence-electron chi connectivity index (χ4n) is 2.33. The first kappa shape index (κ1) is 11.4. The Morgan fingerprint density at radius 3 is 3.00 bits per heavy atom. The molecule has 2 rings (SSSR count). The molecule has 1 atom stereocenters. The molecule has 0 spiro atoms. The molecule has 0 aromatic heterocycles. The van der Waals surface area contributed by atoms with Crippen molar-refractivity contribution in [2.45, 2.75) is 25.3 Å². The van der Waals surface area contributed by atoms with Gasteiger partial charge in [0.15, 0.2) is 0 Å². The molecule has 5 nitrogen and oxygen atoms in total. The van der Waals surface area contributed by atoms with Gasteiger partial charge in [-0.05, 0) is 18.9 Å². The molecule has 1 aliphatic heterocycles. The van der Waals surface area contributed by atoms with Gasteiger partial charge in [0.2, 0.25) is 0 Å². The molecule has 1 heterocycles. The highest BCUT2D eigenvalue weighted by Crippen LogP contribution is 2.33. The molecule has 88 valence electrons. The summed E-state index contributed by atoms with van der Waals surface area (Å²) in [6.07, 6.45) is 2.34. The van der Waals surface area contributed by atoms with Gasteiger partial charge < -0.3 is 4.90 Å². The second kappa shape index (κ2) is 4.83. The largest absolute Gasteiger partial charge is 0.362 e. The van der Waals surface area contributed by atoms with E-state index in [1.165, 1.54) is 6.07 Å². The molecule has 0 aliphatic carbocycles. The van der Waals surface area contributed by atoms with Gasteiger partial charge in [0, 0.05) is 18.7 Å². The van der Waals surface area contributed by atoms with E-state index in [2.05, 4.69) is 6.07 Å². The molecule has 1 aromatic carbocycles. The predicted octanol–water partition coefficient (Wildman–Crippen LogP) is 2.48. The molecule has 0 N–H and O–H groups in total. The van der Waals surface area contributed by atoms with Gasteiger partial charge in [0.05, 0.1) is 17.4 Å². The zero-order chi connectivity index (χ0) is 12.3. The number of nitro groups is 1. The Balaban J connectivity index is 2.33. The van der Waals surface area contributed by atoms with Gasteiger partial charge in [-0.3, -0.25) is 10.1 Å². The minimum Gasteiger partial charge on any atom is -0.362 e. The van der Waals surface area contributed by atoms with Crippen LogP contribution in [-0.2, 0) is 0 Å². The maximum absolute atomic E-state index is 11.0. The molecule has 1 unspecified atom stereocenters. The van der Waals surface area contributed by atoms with Crippen molar-refractivity contribution < 1.29 is 4.92 Å². The van der Waals surface area contributed by atoms with E-state index >= 15 is 0 Å². The van der Waals surface area contributed by atoms with Crippen molar-refractivity contribution >= 4 is 11.4 Å². The summed E-state index contributed by atoms with van der Waals surface area (Å²) in [6.45, 7) is 0.789. The number of rotatable bonds is 3. The SMILES string of the molecule is N#CCC1CCCN1c1ccccc1[N+](=O)[O-]. The summed E-state index contributed by atoms with van der Waals surface area (Å²) in [6, 6.07) is 8.99. The van der Waals surface area contributed by atoms with Crippen molar-refractivity contribution in [1.29, 1.82) is 5.26 Å². The standard InChI is InChI=1S/C12H13N3O2/c13-8-7-10-4-3-9-14(10)11-5-1-2-6-12(11)15(16)17/h1-2,5-6,10H,3-4,7,9H2.